The van der Waals surface area contributed by atoms with E-state index in [0.29, 0.717) is 5.39 Å². The normalized spacial score (nSPS) is 9.67. The van der Waals surface area contributed by atoms with Crippen LogP contribution in [0.15, 0.2) is 35.3 Å². The molecule has 0 saturated carbocycles. The molecule has 0 aliphatic heterocycles. The van der Waals surface area contributed by atoms with E-state index in [1.165, 1.54) is 6.07 Å². The number of aromatic amines is 1. The lowest BCUT2D eigenvalue weighted by Crippen LogP contribution is -1.99. The van der Waals surface area contributed by atoms with Gasteiger partial charge in [-0.15, -0.1) is 0 Å². The minimum atomic E-state index is -0.163. The molecule has 2 rings (SSSR count). The van der Waals surface area contributed by atoms with E-state index in [0.717, 1.165) is 11.1 Å². The number of nitrogens with one attached hydrogen (secondary N) is 1. The summed E-state index contributed by atoms with van der Waals surface area (Å²) in [5.74, 6) is 5.34. The maximum Gasteiger partial charge on any atom is 0.189 e. The highest BCUT2D eigenvalue weighted by molar-refractivity contribution is 5.79. The van der Waals surface area contributed by atoms with E-state index >= 15 is 0 Å². The van der Waals surface area contributed by atoms with Crippen molar-refractivity contribution in [1.29, 1.82) is 0 Å². The van der Waals surface area contributed by atoms with Crippen molar-refractivity contribution in [3.63, 3.8) is 0 Å². The van der Waals surface area contributed by atoms with Gasteiger partial charge in [0.25, 0.3) is 0 Å². The summed E-state index contributed by atoms with van der Waals surface area (Å²) >= 11 is 0. The third-order valence-corrected chi connectivity index (χ3v) is 2.07. The van der Waals surface area contributed by atoms with Gasteiger partial charge in [0, 0.05) is 23.2 Å². The van der Waals surface area contributed by atoms with Crippen molar-refractivity contribution in [2.45, 2.75) is 0 Å². The van der Waals surface area contributed by atoms with Crippen LogP contribution >= 0.6 is 0 Å². The lowest BCUT2D eigenvalue weighted by molar-refractivity contribution is 0.350. The van der Waals surface area contributed by atoms with E-state index in [1.807, 2.05) is 0 Å². The van der Waals surface area contributed by atoms with Crippen molar-refractivity contribution in [1.82, 2.24) is 4.98 Å². The monoisotopic (exact) mass is 199 g/mol. The first kappa shape index (κ1) is 9.50. The fourth-order valence-electron chi connectivity index (χ4n) is 1.39. The van der Waals surface area contributed by atoms with Crippen molar-refractivity contribution in [3.05, 3.63) is 46.2 Å². The number of aromatic nitrogens is 1. The van der Waals surface area contributed by atoms with Gasteiger partial charge in [0.2, 0.25) is 0 Å². The predicted octanol–water partition coefficient (Wildman–Crippen LogP) is 0.872. The van der Waals surface area contributed by atoms with Gasteiger partial charge in [-0.2, -0.15) is 0 Å². The Morgan fingerprint density at radius 1 is 1.33 bits per heavy atom. The molecule has 0 unspecified atom stereocenters. The van der Waals surface area contributed by atoms with Crippen LogP contribution in [-0.4, -0.2) is 16.7 Å². The number of aliphatic hydroxyl groups excluding tert-OH is 1. The van der Waals surface area contributed by atoms with Crippen LogP contribution in [0.4, 0.5) is 0 Å². The molecule has 0 saturated heterocycles. The summed E-state index contributed by atoms with van der Waals surface area (Å²) in [5, 5.41) is 9.20. The Labute approximate surface area is 86.4 Å². The summed E-state index contributed by atoms with van der Waals surface area (Å²) in [7, 11) is 0. The highest BCUT2D eigenvalue weighted by Crippen LogP contribution is 2.08. The molecule has 3 nitrogen and oxygen atoms in total. The minimum absolute atomic E-state index is 0.00887. The Morgan fingerprint density at radius 3 is 3.00 bits per heavy atom. The maximum absolute atomic E-state index is 11.4. The lowest BCUT2D eigenvalue weighted by Gasteiger charge is -1.96. The zero-order valence-corrected chi connectivity index (χ0v) is 7.95. The molecule has 0 radical (unpaired) electrons. The summed E-state index contributed by atoms with van der Waals surface area (Å²) in [4.78, 5) is 14.4. The molecule has 0 aliphatic rings. The number of H-pyrrole nitrogens is 1. The predicted molar refractivity (Wildman–Crippen MR) is 58.5 cm³/mol. The van der Waals surface area contributed by atoms with Crippen LogP contribution in [0.3, 0.4) is 0 Å². The van der Waals surface area contributed by atoms with Gasteiger partial charge in [0.05, 0.1) is 5.52 Å². The number of benzene rings is 1. The van der Waals surface area contributed by atoms with E-state index < -0.39 is 0 Å². The van der Waals surface area contributed by atoms with Gasteiger partial charge >= 0.3 is 0 Å². The highest BCUT2D eigenvalue weighted by atomic mass is 16.2. The second-order valence-corrected chi connectivity index (χ2v) is 3.06. The first-order valence-corrected chi connectivity index (χ1v) is 4.52. The van der Waals surface area contributed by atoms with Gasteiger partial charge in [0.1, 0.15) is 6.61 Å². The van der Waals surface area contributed by atoms with Crippen LogP contribution in [0.5, 0.6) is 0 Å². The molecular weight excluding hydrogens is 190 g/mol. The van der Waals surface area contributed by atoms with Crippen molar-refractivity contribution >= 4 is 10.9 Å². The Morgan fingerprint density at radius 2 is 2.20 bits per heavy atom. The average Bonchev–Trinajstić information content (AvgIpc) is 2.26. The van der Waals surface area contributed by atoms with E-state index in [9.17, 15) is 4.79 Å². The van der Waals surface area contributed by atoms with Crippen LogP contribution in [-0.2, 0) is 0 Å². The molecule has 1 aromatic carbocycles. The summed E-state index contributed by atoms with van der Waals surface area (Å²) in [5.41, 5.74) is 1.52. The fourth-order valence-corrected chi connectivity index (χ4v) is 1.39. The number of pyridine rings is 1. The Balaban J connectivity index is 2.62. The first-order chi connectivity index (χ1) is 7.31. The molecule has 0 aliphatic carbocycles. The zero-order chi connectivity index (χ0) is 10.7. The van der Waals surface area contributed by atoms with Crippen molar-refractivity contribution < 1.29 is 5.11 Å². The van der Waals surface area contributed by atoms with E-state index in [1.54, 1.807) is 24.4 Å². The molecule has 1 aromatic heterocycles. The van der Waals surface area contributed by atoms with Gasteiger partial charge < -0.3 is 10.1 Å². The van der Waals surface area contributed by atoms with Gasteiger partial charge in [-0.25, -0.2) is 0 Å². The van der Waals surface area contributed by atoms with Gasteiger partial charge in [0.15, 0.2) is 5.43 Å². The second-order valence-electron chi connectivity index (χ2n) is 3.06. The van der Waals surface area contributed by atoms with Crippen LogP contribution in [0.25, 0.3) is 10.9 Å². The minimum Gasteiger partial charge on any atom is -0.384 e. The largest absolute Gasteiger partial charge is 0.384 e. The molecule has 0 bridgehead atoms. The molecule has 2 N–H and O–H groups in total. The average molecular weight is 199 g/mol. The third kappa shape index (κ3) is 1.90. The smallest absolute Gasteiger partial charge is 0.189 e. The first-order valence-electron chi connectivity index (χ1n) is 4.52. The lowest BCUT2D eigenvalue weighted by atomic mass is 10.1. The second kappa shape index (κ2) is 3.99. The third-order valence-electron chi connectivity index (χ3n) is 2.07. The number of fused-ring (bicyclic) bond motifs is 1. The number of rotatable bonds is 0. The van der Waals surface area contributed by atoms with Crippen molar-refractivity contribution in [3.8, 4) is 11.8 Å². The zero-order valence-electron chi connectivity index (χ0n) is 7.95. The van der Waals surface area contributed by atoms with Crippen LogP contribution in [0, 0.1) is 11.8 Å². The van der Waals surface area contributed by atoms with Crippen LogP contribution in [0.2, 0.25) is 0 Å². The molecule has 0 atom stereocenters. The molecular formula is C12H9NO2. The molecule has 0 spiro atoms. The number of hydrogen-bond acceptors (Lipinski definition) is 2. The molecule has 1 heterocycles. The Bertz CT molecular complexity index is 602. The van der Waals surface area contributed by atoms with Gasteiger partial charge in [-0.1, -0.05) is 11.8 Å². The summed E-state index contributed by atoms with van der Waals surface area (Å²) in [6.07, 6.45) is 1.61. The van der Waals surface area contributed by atoms with Gasteiger partial charge in [-0.3, -0.25) is 4.79 Å². The summed E-state index contributed by atoms with van der Waals surface area (Å²) in [6.45, 7) is -0.163. The topological polar surface area (TPSA) is 53.1 Å². The molecule has 74 valence electrons. The molecule has 2 aromatic rings. The van der Waals surface area contributed by atoms with Gasteiger partial charge in [-0.05, 0) is 18.2 Å². The van der Waals surface area contributed by atoms with Crippen molar-refractivity contribution in [2.24, 2.45) is 0 Å². The number of aliphatic hydroxyl groups is 1. The molecule has 3 heteroatoms. The summed E-state index contributed by atoms with van der Waals surface area (Å²) < 4.78 is 0. The van der Waals surface area contributed by atoms with E-state index in [-0.39, 0.29) is 12.0 Å². The Kier molecular flexibility index (Phi) is 2.53. The van der Waals surface area contributed by atoms with Crippen LogP contribution in [0.1, 0.15) is 5.56 Å². The Hall–Kier alpha value is -2.05. The summed E-state index contributed by atoms with van der Waals surface area (Å²) in [6, 6.07) is 6.77. The molecule has 0 fully saturated rings. The van der Waals surface area contributed by atoms with E-state index in [4.69, 9.17) is 5.11 Å². The number of hydrogen-bond donors (Lipinski definition) is 2. The van der Waals surface area contributed by atoms with Crippen molar-refractivity contribution in [2.75, 3.05) is 6.61 Å². The molecule has 0 amide bonds. The standard InChI is InChI=1S/C12H9NO2/c14-7-1-2-9-3-4-10-11(8-9)13-6-5-12(10)15/h3-6,8,14H,7H2,(H,13,15). The SMILES string of the molecule is O=c1cc[nH]c2cc(C#CCO)ccc12. The quantitative estimate of drug-likeness (QED) is 0.618. The van der Waals surface area contributed by atoms with Crippen LogP contribution < -0.4 is 5.43 Å². The van der Waals surface area contributed by atoms with E-state index in [2.05, 4.69) is 16.8 Å². The highest BCUT2D eigenvalue weighted by Gasteiger charge is 1.97. The maximum atomic E-state index is 11.4. The molecule has 15 heavy (non-hydrogen) atoms. The fraction of sp³-hybridized carbons (Fsp3) is 0.0833.